The number of hydrogen-bond donors (Lipinski definition) is 2. The van der Waals surface area contributed by atoms with Gasteiger partial charge in [0.1, 0.15) is 15.7 Å². The van der Waals surface area contributed by atoms with E-state index in [1.165, 1.54) is 6.07 Å². The van der Waals surface area contributed by atoms with Crippen molar-refractivity contribution < 1.29 is 22.7 Å². The summed E-state index contributed by atoms with van der Waals surface area (Å²) >= 11 is 1.13. The first-order valence-electron chi connectivity index (χ1n) is 9.03. The number of carbonyl (C=O) groups is 1. The van der Waals surface area contributed by atoms with Crippen LogP contribution >= 0.6 is 11.3 Å². The van der Waals surface area contributed by atoms with Gasteiger partial charge in [0.25, 0.3) is 15.9 Å². The molecule has 30 heavy (non-hydrogen) atoms. The molecule has 0 aliphatic heterocycles. The lowest BCUT2D eigenvalue weighted by molar-refractivity contribution is 0.0939. The van der Waals surface area contributed by atoms with Crippen molar-refractivity contribution in [2.45, 2.75) is 17.2 Å². The summed E-state index contributed by atoms with van der Waals surface area (Å²) < 4.78 is 37.9. The van der Waals surface area contributed by atoms with Gasteiger partial charge in [-0.15, -0.1) is 11.3 Å². The Bertz CT molecular complexity index is 1110. The summed E-state index contributed by atoms with van der Waals surface area (Å²) in [7, 11) is -0.492. The third-order valence-corrected chi connectivity index (χ3v) is 7.19. The Balaban J connectivity index is 1.71. The standard InChI is InChI=1S/C21H22N2O5S2/c1-14(18-13-17(27-2)10-11-19(18)28-3)22-21(24)15-6-8-16(9-7-15)23-30(25,26)20-5-4-12-29-20/h4-14,23H,1-3H3,(H,22,24). The molecule has 0 saturated carbocycles. The number of nitrogens with one attached hydrogen (secondary N) is 2. The lowest BCUT2D eigenvalue weighted by atomic mass is 10.1. The van der Waals surface area contributed by atoms with E-state index in [0.29, 0.717) is 22.7 Å². The minimum Gasteiger partial charge on any atom is -0.497 e. The number of sulfonamides is 1. The number of hydrogen-bond acceptors (Lipinski definition) is 6. The van der Waals surface area contributed by atoms with E-state index in [-0.39, 0.29) is 16.2 Å². The Hall–Kier alpha value is -3.04. The van der Waals surface area contributed by atoms with Gasteiger partial charge >= 0.3 is 0 Å². The first-order chi connectivity index (χ1) is 14.3. The topological polar surface area (TPSA) is 93.7 Å². The number of ether oxygens (including phenoxy) is 2. The van der Waals surface area contributed by atoms with E-state index >= 15 is 0 Å². The van der Waals surface area contributed by atoms with Gasteiger partial charge in [-0.1, -0.05) is 6.07 Å². The number of rotatable bonds is 8. The Morgan fingerprint density at radius 1 is 1.03 bits per heavy atom. The third-order valence-electron chi connectivity index (χ3n) is 4.41. The van der Waals surface area contributed by atoms with Crippen LogP contribution in [0, 0.1) is 0 Å². The normalized spacial score (nSPS) is 12.1. The molecule has 0 fully saturated rings. The average molecular weight is 447 g/mol. The molecule has 7 nitrogen and oxygen atoms in total. The fourth-order valence-corrected chi connectivity index (χ4v) is 4.90. The highest BCUT2D eigenvalue weighted by atomic mass is 32.2. The summed E-state index contributed by atoms with van der Waals surface area (Å²) in [4.78, 5) is 12.6. The molecule has 1 atom stereocenters. The summed E-state index contributed by atoms with van der Waals surface area (Å²) in [6.45, 7) is 1.85. The van der Waals surface area contributed by atoms with E-state index in [0.717, 1.165) is 16.9 Å². The summed E-state index contributed by atoms with van der Waals surface area (Å²) in [6.07, 6.45) is 0. The smallest absolute Gasteiger partial charge is 0.271 e. The molecule has 0 aliphatic carbocycles. The molecule has 0 aliphatic rings. The van der Waals surface area contributed by atoms with Crippen molar-refractivity contribution in [3.8, 4) is 11.5 Å². The molecule has 1 unspecified atom stereocenters. The molecule has 2 N–H and O–H groups in total. The van der Waals surface area contributed by atoms with Crippen LogP contribution in [0.1, 0.15) is 28.9 Å². The summed E-state index contributed by atoms with van der Waals surface area (Å²) in [5, 5.41) is 4.61. The molecule has 158 valence electrons. The van der Waals surface area contributed by atoms with Crippen molar-refractivity contribution in [1.82, 2.24) is 5.32 Å². The van der Waals surface area contributed by atoms with Gasteiger partial charge in [-0.3, -0.25) is 9.52 Å². The van der Waals surface area contributed by atoms with Crippen molar-refractivity contribution in [2.75, 3.05) is 18.9 Å². The Morgan fingerprint density at radius 2 is 1.77 bits per heavy atom. The number of thiophene rings is 1. The van der Waals surface area contributed by atoms with Crippen molar-refractivity contribution in [3.63, 3.8) is 0 Å². The lowest BCUT2D eigenvalue weighted by Gasteiger charge is -2.18. The molecule has 3 rings (SSSR count). The molecule has 0 radical (unpaired) electrons. The molecular formula is C21H22N2O5S2. The first-order valence-corrected chi connectivity index (χ1v) is 11.4. The molecule has 0 saturated heterocycles. The zero-order chi connectivity index (χ0) is 21.7. The fourth-order valence-electron chi connectivity index (χ4n) is 2.85. The molecule has 1 amide bonds. The first kappa shape index (κ1) is 21.7. The predicted molar refractivity (Wildman–Crippen MR) is 117 cm³/mol. The summed E-state index contributed by atoms with van der Waals surface area (Å²) in [5.74, 6) is 1.01. The summed E-state index contributed by atoms with van der Waals surface area (Å²) in [5.41, 5.74) is 1.57. The molecule has 0 spiro atoms. The molecule has 1 aromatic heterocycles. The van der Waals surface area contributed by atoms with E-state index < -0.39 is 10.0 Å². The lowest BCUT2D eigenvalue weighted by Crippen LogP contribution is -2.27. The van der Waals surface area contributed by atoms with Crippen LogP contribution in [0.3, 0.4) is 0 Å². The molecule has 3 aromatic rings. The van der Waals surface area contributed by atoms with Crippen LogP contribution in [0.5, 0.6) is 11.5 Å². The van der Waals surface area contributed by atoms with Gasteiger partial charge in [0.05, 0.1) is 20.3 Å². The summed E-state index contributed by atoms with van der Waals surface area (Å²) in [6, 6.07) is 14.5. The zero-order valence-corrected chi connectivity index (χ0v) is 18.3. The maximum Gasteiger partial charge on any atom is 0.271 e. The van der Waals surface area contributed by atoms with Gasteiger partial charge in [0.15, 0.2) is 0 Å². The molecule has 2 aromatic carbocycles. The number of carbonyl (C=O) groups excluding carboxylic acids is 1. The fraction of sp³-hybridized carbons (Fsp3) is 0.190. The van der Waals surface area contributed by atoms with E-state index in [1.807, 2.05) is 13.0 Å². The van der Waals surface area contributed by atoms with E-state index in [2.05, 4.69) is 10.0 Å². The van der Waals surface area contributed by atoms with Gasteiger partial charge in [0, 0.05) is 16.8 Å². The number of methoxy groups -OCH3 is 2. The van der Waals surface area contributed by atoms with Crippen LogP contribution < -0.4 is 19.5 Å². The third kappa shape index (κ3) is 4.92. The predicted octanol–water partition coefficient (Wildman–Crippen LogP) is 4.06. The molecule has 0 bridgehead atoms. The minimum absolute atomic E-state index is 0.227. The average Bonchev–Trinajstić information content (AvgIpc) is 3.29. The van der Waals surface area contributed by atoms with Crippen LogP contribution in [-0.4, -0.2) is 28.5 Å². The van der Waals surface area contributed by atoms with Crippen LogP contribution in [0.4, 0.5) is 5.69 Å². The van der Waals surface area contributed by atoms with Gasteiger partial charge in [-0.2, -0.15) is 0 Å². The highest BCUT2D eigenvalue weighted by Gasteiger charge is 2.18. The van der Waals surface area contributed by atoms with Crippen molar-refractivity contribution >= 4 is 33.0 Å². The Morgan fingerprint density at radius 3 is 2.37 bits per heavy atom. The van der Waals surface area contributed by atoms with E-state index in [9.17, 15) is 13.2 Å². The Labute approximate surface area is 179 Å². The van der Waals surface area contributed by atoms with Crippen LogP contribution in [0.25, 0.3) is 0 Å². The van der Waals surface area contributed by atoms with Crippen LogP contribution in [0.15, 0.2) is 64.2 Å². The SMILES string of the molecule is COc1ccc(OC)c(C(C)NC(=O)c2ccc(NS(=O)(=O)c3cccs3)cc2)c1. The van der Waals surface area contributed by atoms with Gasteiger partial charge in [0.2, 0.25) is 0 Å². The minimum atomic E-state index is -3.63. The van der Waals surface area contributed by atoms with Crippen LogP contribution in [0.2, 0.25) is 0 Å². The second-order valence-electron chi connectivity index (χ2n) is 6.42. The maximum absolute atomic E-state index is 12.6. The van der Waals surface area contributed by atoms with Crippen molar-refractivity contribution in [3.05, 3.63) is 71.1 Å². The highest BCUT2D eigenvalue weighted by molar-refractivity contribution is 7.94. The Kier molecular flexibility index (Phi) is 6.63. The largest absolute Gasteiger partial charge is 0.497 e. The van der Waals surface area contributed by atoms with Crippen LogP contribution in [-0.2, 0) is 10.0 Å². The molecule has 1 heterocycles. The van der Waals surface area contributed by atoms with Crippen molar-refractivity contribution in [2.24, 2.45) is 0 Å². The van der Waals surface area contributed by atoms with E-state index in [4.69, 9.17) is 9.47 Å². The maximum atomic E-state index is 12.6. The van der Waals surface area contributed by atoms with Crippen molar-refractivity contribution in [1.29, 1.82) is 0 Å². The quantitative estimate of drug-likeness (QED) is 0.544. The number of amides is 1. The highest BCUT2D eigenvalue weighted by Crippen LogP contribution is 2.29. The van der Waals surface area contributed by atoms with E-state index in [1.54, 1.807) is 62.1 Å². The molecule has 9 heteroatoms. The number of anilines is 1. The second-order valence-corrected chi connectivity index (χ2v) is 9.27. The van der Waals surface area contributed by atoms with Gasteiger partial charge in [-0.05, 0) is 60.8 Å². The van der Waals surface area contributed by atoms with Gasteiger partial charge in [-0.25, -0.2) is 8.42 Å². The molecular weight excluding hydrogens is 424 g/mol. The van der Waals surface area contributed by atoms with Gasteiger partial charge < -0.3 is 14.8 Å². The second kappa shape index (κ2) is 9.19. The zero-order valence-electron chi connectivity index (χ0n) is 16.7. The number of benzene rings is 2. The monoisotopic (exact) mass is 446 g/mol.